The lowest BCUT2D eigenvalue weighted by atomic mass is 10.2. The van der Waals surface area contributed by atoms with Gasteiger partial charge in [-0.25, -0.2) is 9.97 Å². The summed E-state index contributed by atoms with van der Waals surface area (Å²) in [6.45, 7) is 0. The molecule has 10 heteroatoms. The highest BCUT2D eigenvalue weighted by atomic mass is 32.1. The first-order valence-corrected chi connectivity index (χ1v) is 5.64. The lowest BCUT2D eigenvalue weighted by Crippen LogP contribution is -2.11. The topological polar surface area (TPSA) is 81.0 Å². The molecule has 6 nitrogen and oxygen atoms in total. The Hall–Kier alpha value is -2.23. The summed E-state index contributed by atoms with van der Waals surface area (Å²) in [6.07, 6.45) is -2.59. The van der Waals surface area contributed by atoms with Crippen LogP contribution in [0, 0.1) is 10.1 Å². The first kappa shape index (κ1) is 13.2. The first-order valence-electron chi connectivity index (χ1n) is 4.76. The maximum atomic E-state index is 12.8. The summed E-state index contributed by atoms with van der Waals surface area (Å²) in [5.41, 5.74) is -1.94. The van der Waals surface area contributed by atoms with Crippen LogP contribution in [0.15, 0.2) is 23.8 Å². The van der Waals surface area contributed by atoms with Gasteiger partial charge in [0.25, 0.3) is 5.69 Å². The van der Waals surface area contributed by atoms with Crippen LogP contribution in [0.5, 0.6) is 0 Å². The summed E-state index contributed by atoms with van der Waals surface area (Å²) in [4.78, 5) is 16.7. The average molecular weight is 290 g/mol. The SMILES string of the molecule is O=[N+]([O-])c1cnc(Nc2nccs2)c(C(F)(F)F)c1. The van der Waals surface area contributed by atoms with Crippen molar-refractivity contribution in [3.05, 3.63) is 39.5 Å². The van der Waals surface area contributed by atoms with E-state index < -0.39 is 28.2 Å². The number of hydrogen-bond donors (Lipinski definition) is 1. The molecule has 2 aromatic rings. The van der Waals surface area contributed by atoms with Gasteiger partial charge in [0.05, 0.1) is 4.92 Å². The third-order valence-electron chi connectivity index (χ3n) is 2.05. The summed E-state index contributed by atoms with van der Waals surface area (Å²) in [5.74, 6) is -0.520. The first-order chi connectivity index (χ1) is 8.88. The monoisotopic (exact) mass is 290 g/mol. The van der Waals surface area contributed by atoms with Crippen LogP contribution in [0.4, 0.5) is 29.8 Å². The van der Waals surface area contributed by atoms with Crippen molar-refractivity contribution < 1.29 is 18.1 Å². The van der Waals surface area contributed by atoms with Gasteiger partial charge in [-0.2, -0.15) is 13.2 Å². The highest BCUT2D eigenvalue weighted by molar-refractivity contribution is 7.13. The predicted octanol–water partition coefficient (Wildman–Crippen LogP) is 3.21. The number of rotatable bonds is 3. The molecule has 0 aromatic carbocycles. The minimum absolute atomic E-state index is 0.215. The fraction of sp³-hybridized carbons (Fsp3) is 0.111. The van der Waals surface area contributed by atoms with Crippen LogP contribution < -0.4 is 5.32 Å². The van der Waals surface area contributed by atoms with Gasteiger partial charge in [-0.1, -0.05) is 0 Å². The molecule has 0 unspecified atom stereocenters. The van der Waals surface area contributed by atoms with Gasteiger partial charge in [-0.3, -0.25) is 10.1 Å². The fourth-order valence-electron chi connectivity index (χ4n) is 1.26. The molecular weight excluding hydrogens is 285 g/mol. The van der Waals surface area contributed by atoms with Crippen LogP contribution in [-0.2, 0) is 6.18 Å². The molecule has 0 fully saturated rings. The number of thiazole rings is 1. The second-order valence-electron chi connectivity index (χ2n) is 3.31. The van der Waals surface area contributed by atoms with Gasteiger partial charge in [-0.15, -0.1) is 11.3 Å². The van der Waals surface area contributed by atoms with Crippen LogP contribution in [0.3, 0.4) is 0 Å². The van der Waals surface area contributed by atoms with E-state index in [-0.39, 0.29) is 5.13 Å². The summed E-state index contributed by atoms with van der Waals surface area (Å²) < 4.78 is 38.4. The van der Waals surface area contributed by atoms with Crippen molar-refractivity contribution in [2.45, 2.75) is 6.18 Å². The van der Waals surface area contributed by atoms with E-state index in [1.54, 1.807) is 5.38 Å². The molecule has 0 bridgehead atoms. The van der Waals surface area contributed by atoms with Gasteiger partial charge in [0, 0.05) is 17.6 Å². The molecule has 2 aromatic heterocycles. The Bertz CT molecular complexity index is 600. The van der Waals surface area contributed by atoms with Crippen LogP contribution in [0.2, 0.25) is 0 Å². The maximum absolute atomic E-state index is 12.8. The van der Waals surface area contributed by atoms with Crippen molar-refractivity contribution in [3.63, 3.8) is 0 Å². The minimum atomic E-state index is -4.75. The molecule has 0 aliphatic carbocycles. The highest BCUT2D eigenvalue weighted by Gasteiger charge is 2.36. The number of nitro groups is 1. The number of nitrogens with one attached hydrogen (secondary N) is 1. The standard InChI is InChI=1S/C9H5F3N4O2S/c10-9(11,12)6-3-5(16(17)18)4-14-7(6)15-8-13-1-2-19-8/h1-4H,(H,13,14,15). The van der Waals surface area contributed by atoms with Crippen molar-refractivity contribution in [1.29, 1.82) is 0 Å². The van der Waals surface area contributed by atoms with Gasteiger partial charge in [0.15, 0.2) is 5.13 Å². The number of nitrogens with zero attached hydrogens (tertiary/aromatic N) is 3. The number of anilines is 2. The molecule has 19 heavy (non-hydrogen) atoms. The lowest BCUT2D eigenvalue weighted by molar-refractivity contribution is -0.385. The second kappa shape index (κ2) is 4.80. The molecule has 0 saturated carbocycles. The molecule has 100 valence electrons. The summed E-state index contributed by atoms with van der Waals surface area (Å²) in [5, 5.41) is 14.6. The summed E-state index contributed by atoms with van der Waals surface area (Å²) in [6, 6.07) is 0.433. The molecule has 0 radical (unpaired) electrons. The quantitative estimate of drug-likeness (QED) is 0.693. The van der Waals surface area contributed by atoms with Gasteiger partial charge in [0.1, 0.15) is 17.6 Å². The second-order valence-corrected chi connectivity index (χ2v) is 4.20. The molecule has 2 heterocycles. The van der Waals surface area contributed by atoms with Crippen LogP contribution in [0.25, 0.3) is 0 Å². The van der Waals surface area contributed by atoms with Gasteiger partial charge in [-0.05, 0) is 0 Å². The zero-order valence-corrected chi connectivity index (χ0v) is 9.83. The fourth-order valence-corrected chi connectivity index (χ4v) is 1.78. The van der Waals surface area contributed by atoms with Crippen molar-refractivity contribution in [2.75, 3.05) is 5.32 Å². The van der Waals surface area contributed by atoms with Crippen molar-refractivity contribution >= 4 is 28.0 Å². The van der Waals surface area contributed by atoms with E-state index in [1.165, 1.54) is 6.20 Å². The number of hydrogen-bond acceptors (Lipinski definition) is 6. The Morgan fingerprint density at radius 1 is 1.37 bits per heavy atom. The minimum Gasteiger partial charge on any atom is -0.316 e. The van der Waals surface area contributed by atoms with Crippen molar-refractivity contribution in [3.8, 4) is 0 Å². The summed E-state index contributed by atoms with van der Waals surface area (Å²) in [7, 11) is 0. The van der Waals surface area contributed by atoms with Crippen LogP contribution >= 0.6 is 11.3 Å². The van der Waals surface area contributed by atoms with Crippen molar-refractivity contribution in [2.24, 2.45) is 0 Å². The number of halogens is 3. The zero-order valence-electron chi connectivity index (χ0n) is 9.01. The van der Waals surface area contributed by atoms with E-state index in [1.807, 2.05) is 0 Å². The molecule has 0 spiro atoms. The van der Waals surface area contributed by atoms with Gasteiger partial charge in [0.2, 0.25) is 0 Å². The Labute approximate surface area is 108 Å². The molecule has 2 rings (SSSR count). The Morgan fingerprint density at radius 2 is 2.11 bits per heavy atom. The molecule has 1 N–H and O–H groups in total. The van der Waals surface area contributed by atoms with Crippen LogP contribution in [-0.4, -0.2) is 14.9 Å². The van der Waals surface area contributed by atoms with E-state index in [4.69, 9.17) is 0 Å². The molecular formula is C9H5F3N4O2S. The molecule has 0 aliphatic rings. The Morgan fingerprint density at radius 3 is 2.63 bits per heavy atom. The molecule has 0 aliphatic heterocycles. The molecule has 0 saturated heterocycles. The lowest BCUT2D eigenvalue weighted by Gasteiger charge is -2.11. The van der Waals surface area contributed by atoms with E-state index in [2.05, 4.69) is 15.3 Å². The largest absolute Gasteiger partial charge is 0.420 e. The van der Waals surface area contributed by atoms with Crippen LogP contribution in [0.1, 0.15) is 5.56 Å². The van der Waals surface area contributed by atoms with Gasteiger partial charge >= 0.3 is 6.18 Å². The number of alkyl halides is 3. The van der Waals surface area contributed by atoms with Crippen molar-refractivity contribution in [1.82, 2.24) is 9.97 Å². The highest BCUT2D eigenvalue weighted by Crippen LogP contribution is 2.36. The Balaban J connectivity index is 2.45. The third kappa shape index (κ3) is 2.96. The predicted molar refractivity (Wildman–Crippen MR) is 61.3 cm³/mol. The Kier molecular flexibility index (Phi) is 3.34. The number of pyridine rings is 1. The molecule has 0 amide bonds. The molecule has 0 atom stereocenters. The third-order valence-corrected chi connectivity index (χ3v) is 2.74. The number of aromatic nitrogens is 2. The maximum Gasteiger partial charge on any atom is 0.420 e. The van der Waals surface area contributed by atoms with E-state index in [0.717, 1.165) is 17.5 Å². The van der Waals surface area contributed by atoms with E-state index >= 15 is 0 Å². The zero-order chi connectivity index (χ0) is 14.0. The normalized spacial score (nSPS) is 11.3. The van der Waals surface area contributed by atoms with E-state index in [9.17, 15) is 23.3 Å². The van der Waals surface area contributed by atoms with E-state index in [0.29, 0.717) is 6.07 Å². The summed E-state index contributed by atoms with van der Waals surface area (Å²) >= 11 is 1.08. The van der Waals surface area contributed by atoms with Gasteiger partial charge < -0.3 is 5.32 Å². The average Bonchev–Trinajstić information content (AvgIpc) is 2.80. The smallest absolute Gasteiger partial charge is 0.316 e.